The molecule has 3 aromatic rings. The maximum Gasteiger partial charge on any atom is 0.287 e. The van der Waals surface area contributed by atoms with E-state index in [9.17, 15) is 4.79 Å². The number of nitrogens with one attached hydrogen (secondary N) is 1. The summed E-state index contributed by atoms with van der Waals surface area (Å²) in [5, 5.41) is 5.94. The Morgan fingerprint density at radius 1 is 1.07 bits per heavy atom. The first-order valence-corrected chi connectivity index (χ1v) is 10.5. The second-order valence-electron chi connectivity index (χ2n) is 7.73. The van der Waals surface area contributed by atoms with E-state index in [0.29, 0.717) is 5.02 Å². The van der Waals surface area contributed by atoms with Gasteiger partial charge in [0.05, 0.1) is 0 Å². The summed E-state index contributed by atoms with van der Waals surface area (Å²) in [5.74, 6) is -0.0285. The van der Waals surface area contributed by atoms with Crippen LogP contribution in [0.4, 0.5) is 5.69 Å². The van der Waals surface area contributed by atoms with E-state index in [1.807, 2.05) is 55.5 Å². The summed E-state index contributed by atoms with van der Waals surface area (Å²) in [5.41, 5.74) is 5.48. The van der Waals surface area contributed by atoms with Gasteiger partial charge in [-0.1, -0.05) is 72.3 Å². The van der Waals surface area contributed by atoms with E-state index in [2.05, 4.69) is 34.9 Å². The average Bonchev–Trinajstić information content (AvgIpc) is 2.75. The zero-order valence-corrected chi connectivity index (χ0v) is 17.3. The average molecular weight is 406 g/mol. The number of quaternary nitrogens is 1. The van der Waals surface area contributed by atoms with Crippen molar-refractivity contribution in [2.75, 3.05) is 5.32 Å². The highest BCUT2D eigenvalue weighted by atomic mass is 35.5. The number of hydrogen-bond acceptors (Lipinski definition) is 1. The van der Waals surface area contributed by atoms with Crippen molar-refractivity contribution < 1.29 is 10.1 Å². The molecule has 3 aromatic carbocycles. The largest absolute Gasteiger partial charge is 0.326 e. The van der Waals surface area contributed by atoms with Crippen LogP contribution in [0.1, 0.15) is 47.2 Å². The summed E-state index contributed by atoms with van der Waals surface area (Å²) in [7, 11) is 0. The molecule has 0 unspecified atom stereocenters. The van der Waals surface area contributed by atoms with Gasteiger partial charge in [0.1, 0.15) is 6.04 Å². The Labute approximate surface area is 177 Å². The molecule has 2 atom stereocenters. The van der Waals surface area contributed by atoms with Gasteiger partial charge >= 0.3 is 0 Å². The van der Waals surface area contributed by atoms with E-state index in [0.717, 1.165) is 36.1 Å². The maximum atomic E-state index is 13.3. The standard InChI is InChI=1S/C25H25ClN2O/c1-17-14-15-20(16-22(17)26)27-25(29)24(19-9-3-2-4-10-19)28-23-13-7-11-18-8-5-6-12-21(18)23/h2-6,8-10,12,14-16,23-24,28H,7,11,13H2,1H3,(H,27,29)/p+1/t23-,24+/m1/s1. The lowest BCUT2D eigenvalue weighted by molar-refractivity contribution is -0.723. The second kappa shape index (κ2) is 8.81. The molecule has 29 heavy (non-hydrogen) atoms. The van der Waals surface area contributed by atoms with Crippen LogP contribution in [-0.2, 0) is 11.2 Å². The Kier molecular flexibility index (Phi) is 5.98. The lowest BCUT2D eigenvalue weighted by Gasteiger charge is -2.27. The number of nitrogens with two attached hydrogens (primary N) is 1. The highest BCUT2D eigenvalue weighted by Crippen LogP contribution is 2.28. The van der Waals surface area contributed by atoms with Crippen LogP contribution in [0.2, 0.25) is 5.02 Å². The predicted octanol–water partition coefficient (Wildman–Crippen LogP) is 4.97. The molecule has 0 saturated heterocycles. The molecule has 3 nitrogen and oxygen atoms in total. The van der Waals surface area contributed by atoms with Gasteiger partial charge in [-0.25, -0.2) is 0 Å². The molecule has 1 aliphatic carbocycles. The Balaban J connectivity index is 1.61. The van der Waals surface area contributed by atoms with Gasteiger partial charge < -0.3 is 10.6 Å². The number of aryl methyl sites for hydroxylation is 2. The summed E-state index contributed by atoms with van der Waals surface area (Å²) in [6, 6.07) is 24.2. The van der Waals surface area contributed by atoms with Gasteiger partial charge in [-0.3, -0.25) is 4.79 Å². The first-order valence-electron chi connectivity index (χ1n) is 10.2. The number of carbonyl (C=O) groups is 1. The van der Waals surface area contributed by atoms with E-state index in [1.54, 1.807) is 0 Å². The number of hydrogen-bond donors (Lipinski definition) is 2. The fourth-order valence-corrected chi connectivity index (χ4v) is 4.31. The Morgan fingerprint density at radius 2 is 1.83 bits per heavy atom. The van der Waals surface area contributed by atoms with Crippen molar-refractivity contribution >= 4 is 23.2 Å². The summed E-state index contributed by atoms with van der Waals surface area (Å²) in [6.07, 6.45) is 3.34. The van der Waals surface area contributed by atoms with Crippen LogP contribution in [0.15, 0.2) is 72.8 Å². The number of halogens is 1. The lowest BCUT2D eigenvalue weighted by Crippen LogP contribution is -2.88. The molecule has 0 radical (unpaired) electrons. The molecule has 1 amide bonds. The van der Waals surface area contributed by atoms with E-state index in [1.165, 1.54) is 11.1 Å². The monoisotopic (exact) mass is 405 g/mol. The number of fused-ring (bicyclic) bond motifs is 1. The van der Waals surface area contributed by atoms with Crippen LogP contribution in [-0.4, -0.2) is 5.91 Å². The van der Waals surface area contributed by atoms with Crippen molar-refractivity contribution in [3.05, 3.63) is 100 Å². The molecule has 0 bridgehead atoms. The minimum atomic E-state index is -0.326. The smallest absolute Gasteiger partial charge is 0.287 e. The fourth-order valence-electron chi connectivity index (χ4n) is 4.12. The van der Waals surface area contributed by atoms with E-state index in [4.69, 9.17) is 11.6 Å². The van der Waals surface area contributed by atoms with Crippen molar-refractivity contribution in [2.24, 2.45) is 0 Å². The molecule has 4 heteroatoms. The first-order chi connectivity index (χ1) is 14.1. The van der Waals surface area contributed by atoms with Gasteiger partial charge in [0.15, 0.2) is 6.04 Å². The van der Waals surface area contributed by atoms with E-state index >= 15 is 0 Å². The number of amides is 1. The van der Waals surface area contributed by atoms with Crippen LogP contribution in [0, 0.1) is 6.92 Å². The molecule has 0 aliphatic heterocycles. The van der Waals surface area contributed by atoms with Crippen molar-refractivity contribution in [1.29, 1.82) is 0 Å². The minimum absolute atomic E-state index is 0.0285. The van der Waals surface area contributed by atoms with Gasteiger partial charge in [-0.15, -0.1) is 0 Å². The Bertz CT molecular complexity index is 1000. The zero-order chi connectivity index (χ0) is 20.2. The number of rotatable bonds is 5. The maximum absolute atomic E-state index is 13.3. The summed E-state index contributed by atoms with van der Waals surface area (Å²) < 4.78 is 0. The van der Waals surface area contributed by atoms with Crippen molar-refractivity contribution in [2.45, 2.75) is 38.3 Å². The Hall–Kier alpha value is -2.62. The molecule has 0 heterocycles. The zero-order valence-electron chi connectivity index (χ0n) is 16.6. The van der Waals surface area contributed by atoms with Crippen LogP contribution < -0.4 is 10.6 Å². The summed E-state index contributed by atoms with van der Waals surface area (Å²) >= 11 is 6.25. The van der Waals surface area contributed by atoms with Crippen LogP contribution in [0.25, 0.3) is 0 Å². The molecule has 1 aliphatic rings. The van der Waals surface area contributed by atoms with Crippen molar-refractivity contribution in [1.82, 2.24) is 0 Å². The minimum Gasteiger partial charge on any atom is -0.326 e. The third-order valence-electron chi connectivity index (χ3n) is 5.72. The van der Waals surface area contributed by atoms with Gasteiger partial charge in [0.25, 0.3) is 5.91 Å². The third kappa shape index (κ3) is 4.52. The van der Waals surface area contributed by atoms with Gasteiger partial charge in [0.2, 0.25) is 0 Å². The molecule has 3 N–H and O–H groups in total. The molecular weight excluding hydrogens is 380 g/mol. The molecular formula is C25H26ClN2O+. The quantitative estimate of drug-likeness (QED) is 0.618. The van der Waals surface area contributed by atoms with Gasteiger partial charge in [0, 0.05) is 28.3 Å². The number of carbonyl (C=O) groups excluding carboxylic acids is 1. The lowest BCUT2D eigenvalue weighted by atomic mass is 9.87. The van der Waals surface area contributed by atoms with Crippen molar-refractivity contribution in [3.8, 4) is 0 Å². The second-order valence-corrected chi connectivity index (χ2v) is 8.14. The fraction of sp³-hybridized carbons (Fsp3) is 0.240. The SMILES string of the molecule is Cc1ccc(NC(=O)[C@@H]([NH2+][C@@H]2CCCc3ccccc32)c2ccccc2)cc1Cl. The van der Waals surface area contributed by atoms with E-state index < -0.39 is 0 Å². The van der Waals surface area contributed by atoms with Gasteiger partial charge in [-0.2, -0.15) is 0 Å². The summed E-state index contributed by atoms with van der Waals surface area (Å²) in [6.45, 7) is 1.95. The molecule has 148 valence electrons. The Morgan fingerprint density at radius 3 is 2.62 bits per heavy atom. The summed E-state index contributed by atoms with van der Waals surface area (Å²) in [4.78, 5) is 13.3. The molecule has 0 saturated carbocycles. The third-order valence-corrected chi connectivity index (χ3v) is 6.13. The highest BCUT2D eigenvalue weighted by Gasteiger charge is 2.31. The topological polar surface area (TPSA) is 45.7 Å². The predicted molar refractivity (Wildman–Crippen MR) is 118 cm³/mol. The van der Waals surface area contributed by atoms with Gasteiger partial charge in [-0.05, 0) is 43.0 Å². The molecule has 0 spiro atoms. The van der Waals surface area contributed by atoms with Crippen LogP contribution in [0.5, 0.6) is 0 Å². The number of anilines is 1. The van der Waals surface area contributed by atoms with E-state index in [-0.39, 0.29) is 18.0 Å². The number of benzene rings is 3. The van der Waals surface area contributed by atoms with Crippen LogP contribution in [0.3, 0.4) is 0 Å². The van der Waals surface area contributed by atoms with Crippen molar-refractivity contribution in [3.63, 3.8) is 0 Å². The normalized spacial score (nSPS) is 16.7. The first kappa shape index (κ1) is 19.7. The molecule has 0 fully saturated rings. The molecule has 4 rings (SSSR count). The molecule has 0 aromatic heterocycles. The highest BCUT2D eigenvalue weighted by molar-refractivity contribution is 6.31. The van der Waals surface area contributed by atoms with Crippen LogP contribution >= 0.6 is 11.6 Å².